The highest BCUT2D eigenvalue weighted by Crippen LogP contribution is 2.28. The van der Waals surface area contributed by atoms with E-state index in [9.17, 15) is 4.79 Å². The molecule has 1 amide bonds. The van der Waals surface area contributed by atoms with Gasteiger partial charge in [-0.25, -0.2) is 0 Å². The second-order valence-electron chi connectivity index (χ2n) is 6.65. The van der Waals surface area contributed by atoms with E-state index >= 15 is 0 Å². The van der Waals surface area contributed by atoms with Crippen LogP contribution in [0.5, 0.6) is 0 Å². The second-order valence-corrected chi connectivity index (χ2v) is 6.65. The van der Waals surface area contributed by atoms with Crippen LogP contribution in [-0.2, 0) is 4.79 Å². The van der Waals surface area contributed by atoms with Gasteiger partial charge in [0.15, 0.2) is 0 Å². The first-order chi connectivity index (χ1) is 8.16. The Labute approximate surface area is 111 Å². The fourth-order valence-electron chi connectivity index (χ4n) is 2.07. The van der Waals surface area contributed by atoms with Gasteiger partial charge >= 0.3 is 0 Å². The Morgan fingerprint density at radius 2 is 1.78 bits per heavy atom. The molecule has 1 rings (SSSR count). The van der Waals surface area contributed by atoms with Gasteiger partial charge in [-0.3, -0.25) is 9.69 Å². The molecule has 106 valence electrons. The van der Waals surface area contributed by atoms with Crippen LogP contribution >= 0.6 is 0 Å². The highest BCUT2D eigenvalue weighted by atomic mass is 16.2. The lowest BCUT2D eigenvalue weighted by Gasteiger charge is -2.37. The zero-order valence-electron chi connectivity index (χ0n) is 12.5. The van der Waals surface area contributed by atoms with E-state index in [2.05, 4.69) is 17.1 Å². The molecule has 1 atom stereocenters. The van der Waals surface area contributed by atoms with Crippen molar-refractivity contribution in [1.29, 1.82) is 0 Å². The third kappa shape index (κ3) is 3.45. The first-order valence-corrected chi connectivity index (χ1v) is 6.97. The third-order valence-electron chi connectivity index (χ3n) is 4.50. The van der Waals surface area contributed by atoms with Crippen LogP contribution < -0.4 is 11.1 Å². The molecule has 4 nitrogen and oxygen atoms in total. The highest BCUT2D eigenvalue weighted by Gasteiger charge is 2.40. The predicted octanol–water partition coefficient (Wildman–Crippen LogP) is 1.35. The lowest BCUT2D eigenvalue weighted by Crippen LogP contribution is -2.56. The zero-order chi connectivity index (χ0) is 14.0. The molecule has 0 aromatic carbocycles. The molecular formula is C14H29N3O. The number of nitrogens with two attached hydrogens (primary N) is 1. The number of amides is 1. The average Bonchev–Trinajstić information content (AvgIpc) is 2.76. The maximum absolute atomic E-state index is 12.2. The van der Waals surface area contributed by atoms with Crippen molar-refractivity contribution in [1.82, 2.24) is 10.2 Å². The highest BCUT2D eigenvalue weighted by molar-refractivity contribution is 5.83. The molecule has 1 unspecified atom stereocenters. The van der Waals surface area contributed by atoms with Crippen LogP contribution in [0.25, 0.3) is 0 Å². The van der Waals surface area contributed by atoms with Crippen molar-refractivity contribution in [3.63, 3.8) is 0 Å². The molecule has 18 heavy (non-hydrogen) atoms. The summed E-state index contributed by atoms with van der Waals surface area (Å²) in [6.07, 6.45) is 2.55. The molecule has 0 bridgehead atoms. The van der Waals surface area contributed by atoms with E-state index in [4.69, 9.17) is 5.73 Å². The summed E-state index contributed by atoms with van der Waals surface area (Å²) in [5.41, 5.74) is 4.99. The lowest BCUT2D eigenvalue weighted by molar-refractivity contribution is -0.132. The molecule has 4 heteroatoms. The van der Waals surface area contributed by atoms with Crippen molar-refractivity contribution in [3.05, 3.63) is 0 Å². The fourth-order valence-corrected chi connectivity index (χ4v) is 2.07. The first kappa shape index (κ1) is 15.4. The van der Waals surface area contributed by atoms with E-state index in [0.717, 1.165) is 13.1 Å². The van der Waals surface area contributed by atoms with Crippen molar-refractivity contribution in [3.8, 4) is 0 Å². The number of rotatable bonds is 5. The Morgan fingerprint density at radius 3 is 2.22 bits per heavy atom. The SMILES string of the molecule is CC(CNC(=O)C(C)(C)C(C)(C)N)N1CCCC1. The second kappa shape index (κ2) is 5.57. The number of nitrogens with zero attached hydrogens (tertiary/aromatic N) is 1. The van der Waals surface area contributed by atoms with E-state index in [1.807, 2.05) is 27.7 Å². The maximum Gasteiger partial charge on any atom is 0.227 e. The molecule has 0 aromatic heterocycles. The third-order valence-corrected chi connectivity index (χ3v) is 4.50. The van der Waals surface area contributed by atoms with Gasteiger partial charge < -0.3 is 11.1 Å². The molecule has 1 fully saturated rings. The molecule has 1 saturated heterocycles. The van der Waals surface area contributed by atoms with Gasteiger partial charge in [0, 0.05) is 18.1 Å². The fraction of sp³-hybridized carbons (Fsp3) is 0.929. The number of likely N-dealkylation sites (tertiary alicyclic amines) is 1. The Balaban J connectivity index is 2.45. The molecule has 0 aliphatic carbocycles. The normalized spacial score (nSPS) is 19.9. The number of nitrogens with one attached hydrogen (secondary N) is 1. The van der Waals surface area contributed by atoms with Gasteiger partial charge in [0.2, 0.25) is 5.91 Å². The molecule has 0 spiro atoms. The smallest absolute Gasteiger partial charge is 0.227 e. The molecule has 0 aromatic rings. The molecule has 1 aliphatic heterocycles. The van der Waals surface area contributed by atoms with Gasteiger partial charge in [0.05, 0.1) is 5.41 Å². The van der Waals surface area contributed by atoms with E-state index in [0.29, 0.717) is 12.6 Å². The van der Waals surface area contributed by atoms with E-state index in [1.165, 1.54) is 12.8 Å². The number of hydrogen-bond donors (Lipinski definition) is 2. The van der Waals surface area contributed by atoms with Gasteiger partial charge in [0.25, 0.3) is 0 Å². The minimum Gasteiger partial charge on any atom is -0.354 e. The standard InChI is InChI=1S/C14H29N3O/c1-11(17-8-6-7-9-17)10-16-12(18)13(2,3)14(4,5)15/h11H,6-10,15H2,1-5H3,(H,16,18). The van der Waals surface area contributed by atoms with E-state index in [1.54, 1.807) is 0 Å². The van der Waals surface area contributed by atoms with Crippen molar-refractivity contribution in [2.75, 3.05) is 19.6 Å². The monoisotopic (exact) mass is 255 g/mol. The predicted molar refractivity (Wildman–Crippen MR) is 75.3 cm³/mol. The molecule has 3 N–H and O–H groups in total. The summed E-state index contributed by atoms with van der Waals surface area (Å²) in [6.45, 7) is 12.8. The van der Waals surface area contributed by atoms with Crippen LogP contribution in [0.3, 0.4) is 0 Å². The molecular weight excluding hydrogens is 226 g/mol. The van der Waals surface area contributed by atoms with Crippen molar-refractivity contribution >= 4 is 5.91 Å². The lowest BCUT2D eigenvalue weighted by atomic mass is 9.74. The quantitative estimate of drug-likeness (QED) is 0.779. The minimum atomic E-state index is -0.558. The summed E-state index contributed by atoms with van der Waals surface area (Å²) in [4.78, 5) is 14.7. The van der Waals surface area contributed by atoms with E-state index in [-0.39, 0.29) is 5.91 Å². The van der Waals surface area contributed by atoms with Gasteiger partial charge in [-0.2, -0.15) is 0 Å². The van der Waals surface area contributed by atoms with Gasteiger partial charge in [-0.05, 0) is 60.5 Å². The van der Waals surface area contributed by atoms with E-state index < -0.39 is 11.0 Å². The largest absolute Gasteiger partial charge is 0.354 e. The van der Waals surface area contributed by atoms with Gasteiger partial charge in [-0.15, -0.1) is 0 Å². The van der Waals surface area contributed by atoms with Gasteiger partial charge in [0.1, 0.15) is 0 Å². The number of carbonyl (C=O) groups excluding carboxylic acids is 1. The zero-order valence-corrected chi connectivity index (χ0v) is 12.5. The number of hydrogen-bond acceptors (Lipinski definition) is 3. The molecule has 0 radical (unpaired) electrons. The summed E-state index contributed by atoms with van der Waals surface area (Å²) in [7, 11) is 0. The Bertz CT molecular complexity index is 288. The van der Waals surface area contributed by atoms with Crippen LogP contribution in [0.1, 0.15) is 47.5 Å². The summed E-state index contributed by atoms with van der Waals surface area (Å²) >= 11 is 0. The number of carbonyl (C=O) groups is 1. The first-order valence-electron chi connectivity index (χ1n) is 6.97. The Morgan fingerprint density at radius 1 is 1.28 bits per heavy atom. The minimum absolute atomic E-state index is 0.0426. The summed E-state index contributed by atoms with van der Waals surface area (Å²) in [5.74, 6) is 0.0426. The summed E-state index contributed by atoms with van der Waals surface area (Å²) in [5, 5.41) is 3.05. The Hall–Kier alpha value is -0.610. The topological polar surface area (TPSA) is 58.4 Å². The average molecular weight is 255 g/mol. The van der Waals surface area contributed by atoms with Crippen molar-refractivity contribution < 1.29 is 4.79 Å². The Kier molecular flexibility index (Phi) is 4.78. The van der Waals surface area contributed by atoms with Gasteiger partial charge in [-0.1, -0.05) is 0 Å². The van der Waals surface area contributed by atoms with Crippen molar-refractivity contribution in [2.45, 2.75) is 59.0 Å². The molecule has 1 aliphatic rings. The van der Waals surface area contributed by atoms with Crippen LogP contribution in [0.15, 0.2) is 0 Å². The molecule has 1 heterocycles. The summed E-state index contributed by atoms with van der Waals surface area (Å²) < 4.78 is 0. The van der Waals surface area contributed by atoms with Crippen LogP contribution in [0, 0.1) is 5.41 Å². The van der Waals surface area contributed by atoms with Crippen LogP contribution in [0.4, 0.5) is 0 Å². The molecule has 0 saturated carbocycles. The van der Waals surface area contributed by atoms with Crippen molar-refractivity contribution in [2.24, 2.45) is 11.1 Å². The summed E-state index contributed by atoms with van der Waals surface area (Å²) in [6, 6.07) is 0.410. The van der Waals surface area contributed by atoms with Crippen LogP contribution in [0.2, 0.25) is 0 Å². The van der Waals surface area contributed by atoms with Crippen LogP contribution in [-0.4, -0.2) is 42.0 Å². The maximum atomic E-state index is 12.2.